The van der Waals surface area contributed by atoms with E-state index in [9.17, 15) is 57.5 Å². The number of halogens is 10. The van der Waals surface area contributed by atoms with Crippen molar-refractivity contribution >= 4 is 33.0 Å². The fourth-order valence-electron chi connectivity index (χ4n) is 7.91. The summed E-state index contributed by atoms with van der Waals surface area (Å²) in [5.41, 5.74) is 3.15. The molecule has 0 aliphatic rings. The molecule has 0 saturated carbocycles. The molecule has 0 fully saturated rings. The molecule has 366 valence electrons. The molecule has 0 amide bonds. The zero-order chi connectivity index (χ0) is 51.4. The third-order valence-corrected chi connectivity index (χ3v) is 12.9. The Bertz CT molecular complexity index is 2880. The molecular weight excluding hydrogens is 951 g/mol. The third kappa shape index (κ3) is 14.4. The van der Waals surface area contributed by atoms with Crippen LogP contribution in [0.4, 0.5) is 39.5 Å². The van der Waals surface area contributed by atoms with Crippen LogP contribution in [0.2, 0.25) is 5.02 Å². The molecule has 0 spiro atoms. The first-order valence-corrected chi connectivity index (χ1v) is 24.0. The van der Waals surface area contributed by atoms with Crippen molar-refractivity contribution in [3.05, 3.63) is 160 Å². The molecule has 0 radical (unpaired) electrons. The van der Waals surface area contributed by atoms with Crippen molar-refractivity contribution in [1.82, 2.24) is 0 Å². The number of carbonyl (C=O) groups is 2. The summed E-state index contributed by atoms with van der Waals surface area (Å²) in [4.78, 5) is 25.2. The molecule has 69 heavy (non-hydrogen) atoms. The van der Waals surface area contributed by atoms with Crippen molar-refractivity contribution in [2.75, 3.05) is 6.26 Å². The SMILES string of the molecule is CC(=O)C(CC(C)C)c1cc(-c2ccc(C(F)(F)F)cc2)cc(-c2ccc(Cl)c(C(F)(F)F)c2)c1.CC(=O)C(CC(C)C)c1cc(-c2ccc(C(F)(F)F)cc2)cc(-c2ccc(S(C)(=O)=O)cc2)c1. The summed E-state index contributed by atoms with van der Waals surface area (Å²) in [6.07, 6.45) is -11.3. The second-order valence-corrected chi connectivity index (χ2v) is 20.3. The largest absolute Gasteiger partial charge is 0.417 e. The van der Waals surface area contributed by atoms with E-state index in [1.54, 1.807) is 37.3 Å². The minimum absolute atomic E-state index is 0.0108. The lowest BCUT2D eigenvalue weighted by Crippen LogP contribution is -2.12. The maximum atomic E-state index is 13.5. The second kappa shape index (κ2) is 21.5. The topological polar surface area (TPSA) is 68.3 Å². The third-order valence-electron chi connectivity index (χ3n) is 11.4. The maximum Gasteiger partial charge on any atom is 0.417 e. The zero-order valence-corrected chi connectivity index (χ0v) is 40.2. The number of carbonyl (C=O) groups excluding carboxylic acids is 2. The average molecular weight is 1000 g/mol. The Labute approximate surface area is 401 Å². The number of alkyl halides is 9. The molecule has 2 unspecified atom stereocenters. The van der Waals surface area contributed by atoms with Gasteiger partial charge in [0.05, 0.1) is 26.6 Å². The van der Waals surface area contributed by atoms with Crippen molar-refractivity contribution in [3.8, 4) is 44.5 Å². The summed E-state index contributed by atoms with van der Waals surface area (Å²) < 4.78 is 142. The molecule has 0 heterocycles. The maximum absolute atomic E-state index is 13.5. The van der Waals surface area contributed by atoms with E-state index in [2.05, 4.69) is 0 Å². The Balaban J connectivity index is 0.000000258. The Morgan fingerprint density at radius 3 is 1.07 bits per heavy atom. The summed E-state index contributed by atoms with van der Waals surface area (Å²) >= 11 is 5.77. The average Bonchev–Trinajstić information content (AvgIpc) is 3.26. The van der Waals surface area contributed by atoms with Crippen molar-refractivity contribution in [2.24, 2.45) is 11.8 Å². The molecule has 4 nitrogen and oxygen atoms in total. The lowest BCUT2D eigenvalue weighted by atomic mass is 9.84. The quantitative estimate of drug-likeness (QED) is 0.108. The number of hydrogen-bond acceptors (Lipinski definition) is 4. The second-order valence-electron chi connectivity index (χ2n) is 17.9. The van der Waals surface area contributed by atoms with Crippen LogP contribution in [-0.4, -0.2) is 26.2 Å². The fraction of sp³-hybridized carbons (Fsp3) is 0.296. The van der Waals surface area contributed by atoms with Crippen LogP contribution >= 0.6 is 11.6 Å². The first kappa shape index (κ1) is 54.2. The van der Waals surface area contributed by atoms with Gasteiger partial charge in [0.25, 0.3) is 0 Å². The van der Waals surface area contributed by atoms with E-state index in [0.717, 1.165) is 59.3 Å². The number of hydrogen-bond donors (Lipinski definition) is 0. The summed E-state index contributed by atoms with van der Waals surface area (Å²) in [6.45, 7) is 10.9. The summed E-state index contributed by atoms with van der Waals surface area (Å²) in [7, 11) is -3.35. The molecule has 6 aromatic carbocycles. The molecule has 0 bridgehead atoms. The lowest BCUT2D eigenvalue weighted by Gasteiger charge is -2.20. The van der Waals surface area contributed by atoms with Crippen LogP contribution in [0.5, 0.6) is 0 Å². The zero-order valence-electron chi connectivity index (χ0n) is 38.7. The Kier molecular flexibility index (Phi) is 16.9. The highest BCUT2D eigenvalue weighted by Crippen LogP contribution is 2.41. The molecule has 0 aromatic heterocycles. The first-order chi connectivity index (χ1) is 31.9. The van der Waals surface area contributed by atoms with Gasteiger partial charge in [-0.15, -0.1) is 0 Å². The monoisotopic (exact) mass is 1000 g/mol. The van der Waals surface area contributed by atoms with Crippen molar-refractivity contribution in [1.29, 1.82) is 0 Å². The summed E-state index contributed by atoms with van der Waals surface area (Å²) in [5.74, 6) is -0.547. The van der Waals surface area contributed by atoms with Crippen LogP contribution < -0.4 is 0 Å². The van der Waals surface area contributed by atoms with E-state index in [-0.39, 0.29) is 39.8 Å². The Morgan fingerprint density at radius 2 is 0.783 bits per heavy atom. The Hall–Kier alpha value is -5.73. The van der Waals surface area contributed by atoms with Crippen LogP contribution in [0.1, 0.15) is 94.0 Å². The van der Waals surface area contributed by atoms with Gasteiger partial charge in [0.1, 0.15) is 11.6 Å². The van der Waals surface area contributed by atoms with Gasteiger partial charge in [-0.3, -0.25) is 9.59 Å². The minimum Gasteiger partial charge on any atom is -0.299 e. The molecule has 2 atom stereocenters. The highest BCUT2D eigenvalue weighted by Gasteiger charge is 2.34. The van der Waals surface area contributed by atoms with E-state index < -0.39 is 56.0 Å². The number of benzene rings is 6. The Morgan fingerprint density at radius 1 is 0.464 bits per heavy atom. The number of Topliss-reactive ketones (excluding diaryl/α,β-unsaturated/α-hetero) is 2. The van der Waals surface area contributed by atoms with Gasteiger partial charge in [0, 0.05) is 18.1 Å². The van der Waals surface area contributed by atoms with Crippen molar-refractivity contribution < 1.29 is 57.5 Å². The van der Waals surface area contributed by atoms with E-state index in [0.29, 0.717) is 46.2 Å². The molecule has 0 N–H and O–H groups in total. The summed E-state index contributed by atoms with van der Waals surface area (Å²) in [6, 6.07) is 29.9. The fourth-order valence-corrected chi connectivity index (χ4v) is 8.76. The van der Waals surface area contributed by atoms with Gasteiger partial charge in [0.2, 0.25) is 0 Å². The van der Waals surface area contributed by atoms with E-state index in [1.807, 2.05) is 45.9 Å². The normalized spacial score (nSPS) is 13.2. The van der Waals surface area contributed by atoms with Gasteiger partial charge in [-0.25, -0.2) is 8.42 Å². The predicted molar refractivity (Wildman–Crippen MR) is 254 cm³/mol. The molecule has 0 aliphatic carbocycles. The molecular formula is C54H50ClF9O4S. The molecule has 0 saturated heterocycles. The predicted octanol–water partition coefficient (Wildman–Crippen LogP) is 16.6. The van der Waals surface area contributed by atoms with Crippen LogP contribution in [0.3, 0.4) is 0 Å². The minimum atomic E-state index is -4.67. The van der Waals surface area contributed by atoms with Crippen molar-refractivity contribution in [2.45, 2.75) is 89.6 Å². The van der Waals surface area contributed by atoms with Gasteiger partial charge >= 0.3 is 18.5 Å². The number of rotatable bonds is 13. The van der Waals surface area contributed by atoms with E-state index in [4.69, 9.17) is 11.6 Å². The molecule has 6 aromatic rings. The highest BCUT2D eigenvalue weighted by atomic mass is 35.5. The standard InChI is InChI=1S/C27H23ClF6O.C27H27F3O3S/c1-15(2)10-23(16(3)35)21-12-19(17-4-7-22(8-5-17)26(29,30)31)11-20(13-21)18-6-9-25(28)24(14-18)27(32,33)34;1-17(2)13-26(18(3)31)23-15-21(19-5-9-24(10-6-19)27(28,29)30)14-22(16-23)20-7-11-25(12-8-20)34(4,32)33/h4-9,11-15,23H,10H2,1-3H3;5-12,14-17,26H,13H2,1-4H3. The van der Waals surface area contributed by atoms with E-state index in [1.165, 1.54) is 49.4 Å². The molecule has 15 heteroatoms. The van der Waals surface area contributed by atoms with Gasteiger partial charge in [-0.05, 0) is 155 Å². The highest BCUT2D eigenvalue weighted by molar-refractivity contribution is 7.90. The lowest BCUT2D eigenvalue weighted by molar-refractivity contribution is -0.138. The molecule has 6 rings (SSSR count). The number of sulfone groups is 1. The van der Waals surface area contributed by atoms with Gasteiger partial charge in [-0.1, -0.05) is 106 Å². The van der Waals surface area contributed by atoms with Crippen LogP contribution in [0.25, 0.3) is 44.5 Å². The first-order valence-electron chi connectivity index (χ1n) is 21.8. The number of ketones is 2. The van der Waals surface area contributed by atoms with Gasteiger partial charge in [0.15, 0.2) is 9.84 Å². The van der Waals surface area contributed by atoms with Crippen LogP contribution in [0, 0.1) is 11.8 Å². The van der Waals surface area contributed by atoms with Crippen molar-refractivity contribution in [3.63, 3.8) is 0 Å². The van der Waals surface area contributed by atoms with Gasteiger partial charge < -0.3 is 0 Å². The smallest absolute Gasteiger partial charge is 0.299 e. The summed E-state index contributed by atoms with van der Waals surface area (Å²) in [5, 5.41) is -0.443. The van der Waals surface area contributed by atoms with Crippen LogP contribution in [-0.2, 0) is 38.0 Å². The van der Waals surface area contributed by atoms with Gasteiger partial charge in [-0.2, -0.15) is 39.5 Å². The molecule has 0 aliphatic heterocycles. The van der Waals surface area contributed by atoms with Crippen LogP contribution in [0.15, 0.2) is 132 Å². The van der Waals surface area contributed by atoms with E-state index >= 15 is 0 Å².